The summed E-state index contributed by atoms with van der Waals surface area (Å²) >= 11 is 0. The van der Waals surface area contributed by atoms with Crippen molar-refractivity contribution in [1.82, 2.24) is 10.5 Å². The Hall–Kier alpha value is -2.30. The molecule has 1 N–H and O–H groups in total. The maximum atomic E-state index is 11.9. The molecule has 1 amide bonds. The van der Waals surface area contributed by atoms with Gasteiger partial charge < -0.3 is 14.6 Å². The fraction of sp³-hybridized carbons (Fsp3) is 0.500. The number of hydrogen-bond acceptors (Lipinski definition) is 4. The zero-order chi connectivity index (χ0) is 18.6. The molecule has 136 valence electrons. The third-order valence-electron chi connectivity index (χ3n) is 4.22. The van der Waals surface area contributed by atoms with Gasteiger partial charge in [-0.25, -0.2) is 0 Å². The first kappa shape index (κ1) is 19.0. The maximum absolute atomic E-state index is 11.9. The SMILES string of the molecule is Cc1cc(OCC(=O)NCCc2c(C)cc(C(C)(C)C)cc2C)no1. The van der Waals surface area contributed by atoms with Crippen LogP contribution in [0.5, 0.6) is 5.88 Å². The number of carbonyl (C=O) groups is 1. The van der Waals surface area contributed by atoms with E-state index in [1.165, 1.54) is 22.3 Å². The molecule has 25 heavy (non-hydrogen) atoms. The molecule has 0 aliphatic carbocycles. The molecule has 0 aliphatic rings. The first-order chi connectivity index (χ1) is 11.7. The van der Waals surface area contributed by atoms with Crippen LogP contribution in [-0.4, -0.2) is 24.2 Å². The second kappa shape index (κ2) is 7.72. The van der Waals surface area contributed by atoms with Gasteiger partial charge in [-0.15, -0.1) is 0 Å². The van der Waals surface area contributed by atoms with E-state index >= 15 is 0 Å². The summed E-state index contributed by atoms with van der Waals surface area (Å²) in [6, 6.07) is 6.15. The Morgan fingerprint density at radius 1 is 1.16 bits per heavy atom. The number of aromatic nitrogens is 1. The van der Waals surface area contributed by atoms with E-state index in [2.05, 4.69) is 57.2 Å². The predicted molar refractivity (Wildman–Crippen MR) is 98.1 cm³/mol. The molecule has 0 unspecified atom stereocenters. The topological polar surface area (TPSA) is 64.4 Å². The van der Waals surface area contributed by atoms with Crippen molar-refractivity contribution in [2.24, 2.45) is 0 Å². The molecule has 5 nitrogen and oxygen atoms in total. The van der Waals surface area contributed by atoms with E-state index in [4.69, 9.17) is 9.26 Å². The lowest BCUT2D eigenvalue weighted by Gasteiger charge is -2.22. The number of amides is 1. The lowest BCUT2D eigenvalue weighted by Crippen LogP contribution is -2.30. The molecule has 1 heterocycles. The molecule has 0 fully saturated rings. The van der Waals surface area contributed by atoms with E-state index in [0.29, 0.717) is 18.2 Å². The van der Waals surface area contributed by atoms with Crippen LogP contribution >= 0.6 is 0 Å². The smallest absolute Gasteiger partial charge is 0.258 e. The van der Waals surface area contributed by atoms with Crippen LogP contribution < -0.4 is 10.1 Å². The van der Waals surface area contributed by atoms with Crippen molar-refractivity contribution in [1.29, 1.82) is 0 Å². The average Bonchev–Trinajstić information content (AvgIpc) is 2.92. The van der Waals surface area contributed by atoms with Gasteiger partial charge in [-0.2, -0.15) is 0 Å². The normalized spacial score (nSPS) is 11.4. The average molecular weight is 344 g/mol. The molecule has 1 aromatic heterocycles. The van der Waals surface area contributed by atoms with Gasteiger partial charge in [0.1, 0.15) is 5.76 Å². The Bertz CT molecular complexity index is 719. The van der Waals surface area contributed by atoms with Crippen LogP contribution in [0.15, 0.2) is 22.7 Å². The van der Waals surface area contributed by atoms with Crippen molar-refractivity contribution >= 4 is 5.91 Å². The maximum Gasteiger partial charge on any atom is 0.258 e. The van der Waals surface area contributed by atoms with Crippen molar-refractivity contribution in [2.75, 3.05) is 13.2 Å². The van der Waals surface area contributed by atoms with Crippen LogP contribution in [0.4, 0.5) is 0 Å². The Morgan fingerprint density at radius 2 is 1.80 bits per heavy atom. The Balaban J connectivity index is 1.86. The highest BCUT2D eigenvalue weighted by molar-refractivity contribution is 5.77. The fourth-order valence-corrected chi connectivity index (χ4v) is 2.75. The minimum atomic E-state index is -0.165. The summed E-state index contributed by atoms with van der Waals surface area (Å²) in [6.45, 7) is 13.2. The second-order valence-electron chi connectivity index (χ2n) is 7.50. The van der Waals surface area contributed by atoms with Gasteiger partial charge in [0.15, 0.2) is 6.61 Å². The minimum absolute atomic E-state index is 0.0626. The first-order valence-corrected chi connectivity index (χ1v) is 8.60. The molecule has 0 saturated carbocycles. The molecule has 0 spiro atoms. The molecule has 0 aliphatic heterocycles. The third-order valence-corrected chi connectivity index (χ3v) is 4.22. The predicted octanol–water partition coefficient (Wildman–Crippen LogP) is 3.64. The van der Waals surface area contributed by atoms with Crippen molar-refractivity contribution in [3.8, 4) is 5.88 Å². The standard InChI is InChI=1S/C20H28N2O3/c1-13-9-16(20(4,5)6)10-14(2)17(13)7-8-21-18(23)12-24-19-11-15(3)25-22-19/h9-11H,7-8,12H2,1-6H3,(H,21,23). The van der Waals surface area contributed by atoms with Crippen molar-refractivity contribution in [2.45, 2.75) is 53.4 Å². The largest absolute Gasteiger partial charge is 0.465 e. The van der Waals surface area contributed by atoms with Gasteiger partial charge in [0.2, 0.25) is 0 Å². The van der Waals surface area contributed by atoms with Gasteiger partial charge in [-0.1, -0.05) is 32.9 Å². The van der Waals surface area contributed by atoms with Crippen molar-refractivity contribution < 1.29 is 14.1 Å². The van der Waals surface area contributed by atoms with Gasteiger partial charge in [0, 0.05) is 12.6 Å². The molecular formula is C20H28N2O3. The fourth-order valence-electron chi connectivity index (χ4n) is 2.75. The third kappa shape index (κ3) is 5.34. The Kier molecular flexibility index (Phi) is 5.88. The van der Waals surface area contributed by atoms with E-state index in [9.17, 15) is 4.79 Å². The van der Waals surface area contributed by atoms with Gasteiger partial charge in [0.05, 0.1) is 0 Å². The summed E-state index contributed by atoms with van der Waals surface area (Å²) < 4.78 is 10.2. The van der Waals surface area contributed by atoms with Gasteiger partial charge in [0.25, 0.3) is 11.8 Å². The number of ether oxygens (including phenoxy) is 1. The summed E-state index contributed by atoms with van der Waals surface area (Å²) in [5.74, 6) is 0.819. The number of benzene rings is 1. The van der Waals surface area contributed by atoms with Crippen molar-refractivity contribution in [3.05, 3.63) is 46.2 Å². The van der Waals surface area contributed by atoms with Crippen LogP contribution in [-0.2, 0) is 16.6 Å². The van der Waals surface area contributed by atoms with E-state index in [-0.39, 0.29) is 17.9 Å². The van der Waals surface area contributed by atoms with Crippen LogP contribution in [0.3, 0.4) is 0 Å². The number of aryl methyl sites for hydroxylation is 3. The Morgan fingerprint density at radius 3 is 2.32 bits per heavy atom. The van der Waals surface area contributed by atoms with E-state index < -0.39 is 0 Å². The molecule has 0 bridgehead atoms. The number of nitrogens with zero attached hydrogens (tertiary/aromatic N) is 1. The Labute approximate surface area is 149 Å². The minimum Gasteiger partial charge on any atom is -0.465 e. The molecule has 2 rings (SSSR count). The van der Waals surface area contributed by atoms with Crippen LogP contribution in [0.2, 0.25) is 0 Å². The molecule has 0 atom stereocenters. The van der Waals surface area contributed by atoms with Gasteiger partial charge in [-0.3, -0.25) is 4.79 Å². The van der Waals surface area contributed by atoms with E-state index in [0.717, 1.165) is 6.42 Å². The molecule has 0 radical (unpaired) electrons. The molecule has 5 heteroatoms. The number of carbonyl (C=O) groups excluding carboxylic acids is 1. The summed E-state index contributed by atoms with van der Waals surface area (Å²) in [5, 5.41) is 6.57. The van der Waals surface area contributed by atoms with Crippen molar-refractivity contribution in [3.63, 3.8) is 0 Å². The van der Waals surface area contributed by atoms with E-state index in [1.807, 2.05) is 0 Å². The van der Waals surface area contributed by atoms with Gasteiger partial charge in [-0.05, 0) is 60.0 Å². The highest BCUT2D eigenvalue weighted by atomic mass is 16.5. The van der Waals surface area contributed by atoms with E-state index in [1.54, 1.807) is 13.0 Å². The summed E-state index contributed by atoms with van der Waals surface area (Å²) in [4.78, 5) is 11.9. The quantitative estimate of drug-likeness (QED) is 0.869. The number of hydrogen-bond donors (Lipinski definition) is 1. The lowest BCUT2D eigenvalue weighted by atomic mass is 9.83. The number of rotatable bonds is 6. The van der Waals surface area contributed by atoms with Crippen LogP contribution in [0, 0.1) is 20.8 Å². The first-order valence-electron chi connectivity index (χ1n) is 8.60. The van der Waals surface area contributed by atoms with Crippen LogP contribution in [0.25, 0.3) is 0 Å². The molecule has 1 aromatic carbocycles. The molecule has 2 aromatic rings. The van der Waals surface area contributed by atoms with Crippen LogP contribution in [0.1, 0.15) is 48.8 Å². The summed E-state index contributed by atoms with van der Waals surface area (Å²) in [6.07, 6.45) is 0.802. The second-order valence-corrected chi connectivity index (χ2v) is 7.50. The zero-order valence-corrected chi connectivity index (χ0v) is 16.0. The molecular weight excluding hydrogens is 316 g/mol. The lowest BCUT2D eigenvalue weighted by molar-refractivity contribution is -0.123. The highest BCUT2D eigenvalue weighted by Crippen LogP contribution is 2.27. The molecule has 0 saturated heterocycles. The summed E-state index contributed by atoms with van der Waals surface area (Å²) in [5.41, 5.74) is 5.31. The summed E-state index contributed by atoms with van der Waals surface area (Å²) in [7, 11) is 0. The van der Waals surface area contributed by atoms with Gasteiger partial charge >= 0.3 is 0 Å². The number of nitrogens with one attached hydrogen (secondary N) is 1. The highest BCUT2D eigenvalue weighted by Gasteiger charge is 2.16. The zero-order valence-electron chi connectivity index (χ0n) is 16.0. The monoisotopic (exact) mass is 344 g/mol.